The molecule has 2 heterocycles. The molecule has 1 unspecified atom stereocenters. The molecule has 1 aliphatic rings. The van der Waals surface area contributed by atoms with Gasteiger partial charge in [-0.1, -0.05) is 0 Å². The summed E-state index contributed by atoms with van der Waals surface area (Å²) in [5.41, 5.74) is 6.59. The first-order valence-corrected chi connectivity index (χ1v) is 7.60. The molecule has 122 valence electrons. The second-order valence-corrected chi connectivity index (χ2v) is 5.95. The molecule has 1 aromatic carbocycles. The van der Waals surface area contributed by atoms with Crippen LogP contribution in [0.2, 0.25) is 0 Å². The Bertz CT molecular complexity index is 673. The molecule has 0 saturated carbocycles. The normalized spacial score (nSPS) is 17.7. The predicted molar refractivity (Wildman–Crippen MR) is 90.4 cm³/mol. The standard InChI is InChI=1S/C16H21FN6/c1-22(2)13-7-8-23(10-13)15-9-14(20-16(18)21-15)19-12-5-3-11(17)4-6-12/h3-6,9,13H,7-8,10H2,1-2H3,(H3,18,19,20,21). The summed E-state index contributed by atoms with van der Waals surface area (Å²) in [6.07, 6.45) is 1.09. The summed E-state index contributed by atoms with van der Waals surface area (Å²) >= 11 is 0. The van der Waals surface area contributed by atoms with E-state index in [1.165, 1.54) is 12.1 Å². The van der Waals surface area contributed by atoms with Crippen LogP contribution >= 0.6 is 0 Å². The molecule has 0 aliphatic carbocycles. The zero-order valence-corrected chi connectivity index (χ0v) is 13.3. The van der Waals surface area contributed by atoms with Crippen molar-refractivity contribution in [2.45, 2.75) is 12.5 Å². The summed E-state index contributed by atoms with van der Waals surface area (Å²) < 4.78 is 13.0. The van der Waals surface area contributed by atoms with Gasteiger partial charge in [0.15, 0.2) is 0 Å². The Kier molecular flexibility index (Phi) is 4.29. The summed E-state index contributed by atoms with van der Waals surface area (Å²) in [6.45, 7) is 1.86. The number of aromatic nitrogens is 2. The summed E-state index contributed by atoms with van der Waals surface area (Å²) in [5, 5.41) is 3.13. The summed E-state index contributed by atoms with van der Waals surface area (Å²) in [7, 11) is 4.17. The second-order valence-electron chi connectivity index (χ2n) is 5.95. The van der Waals surface area contributed by atoms with Gasteiger partial charge in [0, 0.05) is 30.9 Å². The minimum atomic E-state index is -0.273. The predicted octanol–water partition coefficient (Wildman–Crippen LogP) is 2.08. The van der Waals surface area contributed by atoms with E-state index in [1.807, 2.05) is 6.07 Å². The van der Waals surface area contributed by atoms with Crippen LogP contribution in [0.15, 0.2) is 30.3 Å². The number of nitrogen functional groups attached to an aromatic ring is 1. The molecule has 2 aromatic rings. The highest BCUT2D eigenvalue weighted by Crippen LogP contribution is 2.24. The Morgan fingerprint density at radius 1 is 1.26 bits per heavy atom. The minimum absolute atomic E-state index is 0.223. The Balaban J connectivity index is 1.78. The monoisotopic (exact) mass is 316 g/mol. The molecule has 0 amide bonds. The number of anilines is 4. The zero-order chi connectivity index (χ0) is 16.4. The van der Waals surface area contributed by atoms with Crippen molar-refractivity contribution in [2.24, 2.45) is 0 Å². The topological polar surface area (TPSA) is 70.3 Å². The van der Waals surface area contributed by atoms with Gasteiger partial charge in [0.05, 0.1) is 0 Å². The average molecular weight is 316 g/mol. The van der Waals surface area contributed by atoms with Crippen molar-refractivity contribution < 1.29 is 4.39 Å². The molecular formula is C16H21FN6. The Morgan fingerprint density at radius 2 is 2.00 bits per heavy atom. The van der Waals surface area contributed by atoms with E-state index in [0.29, 0.717) is 11.9 Å². The smallest absolute Gasteiger partial charge is 0.223 e. The van der Waals surface area contributed by atoms with Crippen molar-refractivity contribution >= 4 is 23.3 Å². The number of nitrogens with zero attached hydrogens (tertiary/aromatic N) is 4. The van der Waals surface area contributed by atoms with Crippen LogP contribution in [-0.4, -0.2) is 48.1 Å². The fraction of sp³-hybridized carbons (Fsp3) is 0.375. The van der Waals surface area contributed by atoms with Gasteiger partial charge < -0.3 is 20.9 Å². The van der Waals surface area contributed by atoms with Gasteiger partial charge in [-0.05, 0) is 44.8 Å². The van der Waals surface area contributed by atoms with Gasteiger partial charge in [0.2, 0.25) is 5.95 Å². The average Bonchev–Trinajstić information content (AvgIpc) is 2.99. The van der Waals surface area contributed by atoms with Gasteiger partial charge >= 0.3 is 0 Å². The van der Waals surface area contributed by atoms with Crippen molar-refractivity contribution in [2.75, 3.05) is 43.1 Å². The van der Waals surface area contributed by atoms with Gasteiger partial charge in [-0.3, -0.25) is 0 Å². The fourth-order valence-electron chi connectivity index (χ4n) is 2.73. The maximum atomic E-state index is 13.0. The Morgan fingerprint density at radius 3 is 2.65 bits per heavy atom. The molecular weight excluding hydrogens is 295 g/mol. The Labute approximate surface area is 135 Å². The number of likely N-dealkylation sites (N-methyl/N-ethyl adjacent to an activating group) is 1. The summed E-state index contributed by atoms with van der Waals surface area (Å²) in [4.78, 5) is 13.0. The van der Waals surface area contributed by atoms with Crippen molar-refractivity contribution in [1.82, 2.24) is 14.9 Å². The molecule has 0 bridgehead atoms. The maximum absolute atomic E-state index is 13.0. The number of nitrogens with two attached hydrogens (primary N) is 1. The molecule has 6 nitrogen and oxygen atoms in total. The lowest BCUT2D eigenvalue weighted by Crippen LogP contribution is -2.31. The highest BCUT2D eigenvalue weighted by atomic mass is 19.1. The van der Waals surface area contributed by atoms with Crippen molar-refractivity contribution in [1.29, 1.82) is 0 Å². The van der Waals surface area contributed by atoms with Crippen molar-refractivity contribution in [3.63, 3.8) is 0 Å². The number of benzene rings is 1. The zero-order valence-electron chi connectivity index (χ0n) is 13.3. The fourth-order valence-corrected chi connectivity index (χ4v) is 2.73. The first-order valence-electron chi connectivity index (χ1n) is 7.60. The highest BCUT2D eigenvalue weighted by Gasteiger charge is 2.25. The third kappa shape index (κ3) is 3.68. The quantitative estimate of drug-likeness (QED) is 0.900. The van der Waals surface area contributed by atoms with Crippen LogP contribution < -0.4 is 16.0 Å². The lowest BCUT2D eigenvalue weighted by atomic mass is 10.2. The molecule has 0 spiro atoms. The van der Waals surface area contributed by atoms with Crippen LogP contribution in [0.3, 0.4) is 0 Å². The molecule has 7 heteroatoms. The van der Waals surface area contributed by atoms with E-state index in [9.17, 15) is 4.39 Å². The van der Waals surface area contributed by atoms with Crippen molar-refractivity contribution in [3.05, 3.63) is 36.1 Å². The first kappa shape index (κ1) is 15.5. The second kappa shape index (κ2) is 6.37. The largest absolute Gasteiger partial charge is 0.368 e. The van der Waals surface area contributed by atoms with Gasteiger partial charge in [-0.15, -0.1) is 0 Å². The third-order valence-electron chi connectivity index (χ3n) is 4.06. The first-order chi connectivity index (χ1) is 11.0. The van der Waals surface area contributed by atoms with E-state index in [4.69, 9.17) is 5.73 Å². The minimum Gasteiger partial charge on any atom is -0.368 e. The molecule has 1 saturated heterocycles. The molecule has 1 aromatic heterocycles. The number of hydrogen-bond acceptors (Lipinski definition) is 6. The van der Waals surface area contributed by atoms with Crippen LogP contribution in [0, 0.1) is 5.82 Å². The number of hydrogen-bond donors (Lipinski definition) is 2. The summed E-state index contributed by atoms with van der Waals surface area (Å²) in [5.74, 6) is 1.37. The van der Waals surface area contributed by atoms with E-state index in [2.05, 4.69) is 39.2 Å². The van der Waals surface area contributed by atoms with Crippen LogP contribution in [-0.2, 0) is 0 Å². The molecule has 1 aliphatic heterocycles. The van der Waals surface area contributed by atoms with E-state index in [1.54, 1.807) is 12.1 Å². The summed E-state index contributed by atoms with van der Waals surface area (Å²) in [6, 6.07) is 8.50. The molecule has 23 heavy (non-hydrogen) atoms. The SMILES string of the molecule is CN(C)C1CCN(c2cc(Nc3ccc(F)cc3)nc(N)n2)C1. The van der Waals surface area contributed by atoms with E-state index < -0.39 is 0 Å². The van der Waals surface area contributed by atoms with Crippen LogP contribution in [0.1, 0.15) is 6.42 Å². The number of rotatable bonds is 4. The maximum Gasteiger partial charge on any atom is 0.223 e. The van der Waals surface area contributed by atoms with Crippen LogP contribution in [0.5, 0.6) is 0 Å². The molecule has 1 fully saturated rings. The van der Waals surface area contributed by atoms with Crippen LogP contribution in [0.25, 0.3) is 0 Å². The van der Waals surface area contributed by atoms with E-state index in [-0.39, 0.29) is 11.8 Å². The molecule has 3 N–H and O–H groups in total. The molecule has 0 radical (unpaired) electrons. The van der Waals surface area contributed by atoms with E-state index >= 15 is 0 Å². The van der Waals surface area contributed by atoms with Crippen molar-refractivity contribution in [3.8, 4) is 0 Å². The third-order valence-corrected chi connectivity index (χ3v) is 4.06. The van der Waals surface area contributed by atoms with Gasteiger partial charge in [-0.25, -0.2) is 4.39 Å². The molecule has 3 rings (SSSR count). The van der Waals surface area contributed by atoms with Gasteiger partial charge in [-0.2, -0.15) is 9.97 Å². The van der Waals surface area contributed by atoms with Crippen LogP contribution in [0.4, 0.5) is 27.7 Å². The number of nitrogens with one attached hydrogen (secondary N) is 1. The van der Waals surface area contributed by atoms with Gasteiger partial charge in [0.25, 0.3) is 0 Å². The number of halogens is 1. The van der Waals surface area contributed by atoms with Gasteiger partial charge in [0.1, 0.15) is 17.5 Å². The Hall–Kier alpha value is -2.41. The lowest BCUT2D eigenvalue weighted by molar-refractivity contribution is 0.315. The molecule has 1 atom stereocenters. The van der Waals surface area contributed by atoms with E-state index in [0.717, 1.165) is 31.0 Å². The lowest BCUT2D eigenvalue weighted by Gasteiger charge is -2.21. The highest BCUT2D eigenvalue weighted by molar-refractivity contribution is 5.61.